The zero-order valence-corrected chi connectivity index (χ0v) is 19.9. The lowest BCUT2D eigenvalue weighted by Gasteiger charge is -2.14. The van der Waals surface area contributed by atoms with Crippen molar-refractivity contribution >= 4 is 38.2 Å². The van der Waals surface area contributed by atoms with E-state index in [0.29, 0.717) is 16.0 Å². The normalized spacial score (nSPS) is 12.6. The molecule has 0 radical (unpaired) electrons. The number of halogens is 3. The number of thiophene rings is 1. The van der Waals surface area contributed by atoms with Crippen LogP contribution in [-0.4, -0.2) is 30.5 Å². The third kappa shape index (κ3) is 6.09. The average Bonchev–Trinajstić information content (AvgIpc) is 3.32. The average molecular weight is 531 g/mol. The number of benzene rings is 2. The van der Waals surface area contributed by atoms with E-state index < -0.39 is 33.8 Å². The molecule has 0 aliphatic heterocycles. The van der Waals surface area contributed by atoms with Gasteiger partial charge in [0, 0.05) is 23.6 Å². The third-order valence-corrected chi connectivity index (χ3v) is 8.04. The summed E-state index contributed by atoms with van der Waals surface area (Å²) in [5.41, 5.74) is 0.820. The SMILES string of the molecule is O=C(O)[C@@H](Cc1cnc2ccccc2c1)NS(=O)(=O)c1ccc(C#Cc2ccc(C(F)(F)F)cc2)s1. The lowest BCUT2D eigenvalue weighted by atomic mass is 10.1. The van der Waals surface area contributed by atoms with Gasteiger partial charge in [0.15, 0.2) is 0 Å². The summed E-state index contributed by atoms with van der Waals surface area (Å²) in [6.07, 6.45) is -3.06. The standard InChI is InChI=1S/C25H17F3N2O4S2/c26-25(27,28)19-8-5-16(6-9-19)7-10-20-11-12-23(35-20)36(33,34)30-22(24(31)32)14-17-13-18-3-1-2-4-21(18)29-15-17/h1-6,8-9,11-13,15,22,30H,14H2,(H,31,32)/t22-/m1/s1. The first-order valence-corrected chi connectivity index (χ1v) is 12.7. The molecule has 0 aliphatic rings. The van der Waals surface area contributed by atoms with E-state index in [4.69, 9.17) is 0 Å². The molecule has 184 valence electrons. The Balaban J connectivity index is 1.48. The Hall–Kier alpha value is -3.72. The first kappa shape index (κ1) is 25.4. The third-order valence-electron chi connectivity index (χ3n) is 5.07. The molecule has 2 aromatic heterocycles. The fourth-order valence-corrected chi connectivity index (χ4v) is 5.66. The Morgan fingerprint density at radius 2 is 1.78 bits per heavy atom. The van der Waals surface area contributed by atoms with Crippen LogP contribution in [0, 0.1) is 11.8 Å². The van der Waals surface area contributed by atoms with Crippen LogP contribution in [-0.2, 0) is 27.4 Å². The largest absolute Gasteiger partial charge is 0.480 e. The van der Waals surface area contributed by atoms with Crippen LogP contribution in [0.5, 0.6) is 0 Å². The van der Waals surface area contributed by atoms with Gasteiger partial charge in [-0.05, 0) is 54.1 Å². The van der Waals surface area contributed by atoms with E-state index in [9.17, 15) is 31.5 Å². The molecule has 2 aromatic carbocycles. The van der Waals surface area contributed by atoms with Gasteiger partial charge in [-0.15, -0.1) is 11.3 Å². The molecule has 0 bridgehead atoms. The van der Waals surface area contributed by atoms with Gasteiger partial charge in [-0.25, -0.2) is 8.42 Å². The molecule has 0 amide bonds. The second-order valence-electron chi connectivity index (χ2n) is 7.70. The van der Waals surface area contributed by atoms with Crippen molar-refractivity contribution in [1.29, 1.82) is 0 Å². The summed E-state index contributed by atoms with van der Waals surface area (Å²) >= 11 is 0.819. The Kier molecular flexibility index (Phi) is 7.12. The van der Waals surface area contributed by atoms with Crippen molar-refractivity contribution in [2.75, 3.05) is 0 Å². The summed E-state index contributed by atoms with van der Waals surface area (Å²) in [7, 11) is -4.18. The lowest BCUT2D eigenvalue weighted by molar-refractivity contribution is -0.139. The molecule has 0 saturated carbocycles. The van der Waals surface area contributed by atoms with Gasteiger partial charge in [-0.3, -0.25) is 9.78 Å². The molecule has 0 fully saturated rings. The molecule has 36 heavy (non-hydrogen) atoms. The molecule has 0 spiro atoms. The molecule has 0 aliphatic carbocycles. The predicted octanol–water partition coefficient (Wildman–Crippen LogP) is 4.69. The predicted molar refractivity (Wildman–Crippen MR) is 129 cm³/mol. The number of rotatable bonds is 6. The van der Waals surface area contributed by atoms with Crippen LogP contribution in [0.3, 0.4) is 0 Å². The van der Waals surface area contributed by atoms with Crippen LogP contribution in [0.2, 0.25) is 0 Å². The molecule has 11 heteroatoms. The smallest absolute Gasteiger partial charge is 0.416 e. The fraction of sp³-hybridized carbons (Fsp3) is 0.120. The molecule has 1 atom stereocenters. The monoisotopic (exact) mass is 530 g/mol. The van der Waals surface area contributed by atoms with Crippen molar-refractivity contribution in [3.63, 3.8) is 0 Å². The van der Waals surface area contributed by atoms with Gasteiger partial charge < -0.3 is 5.11 Å². The van der Waals surface area contributed by atoms with E-state index in [2.05, 4.69) is 21.5 Å². The highest BCUT2D eigenvalue weighted by molar-refractivity contribution is 7.91. The summed E-state index contributed by atoms with van der Waals surface area (Å²) in [5, 5.41) is 10.4. The van der Waals surface area contributed by atoms with Gasteiger partial charge in [0.1, 0.15) is 10.3 Å². The highest BCUT2D eigenvalue weighted by Gasteiger charge is 2.30. The van der Waals surface area contributed by atoms with E-state index in [1.165, 1.54) is 30.5 Å². The summed E-state index contributed by atoms with van der Waals surface area (Å²) in [5.74, 6) is 4.06. The van der Waals surface area contributed by atoms with E-state index in [0.717, 1.165) is 34.4 Å². The second-order valence-corrected chi connectivity index (χ2v) is 10.7. The fourth-order valence-electron chi connectivity index (χ4n) is 3.30. The number of hydrogen-bond acceptors (Lipinski definition) is 5. The van der Waals surface area contributed by atoms with Crippen molar-refractivity contribution in [3.8, 4) is 11.8 Å². The summed E-state index contributed by atoms with van der Waals surface area (Å²) in [4.78, 5) is 16.4. The van der Waals surface area contributed by atoms with Crippen molar-refractivity contribution in [3.05, 3.63) is 94.5 Å². The van der Waals surface area contributed by atoms with Gasteiger partial charge in [-0.2, -0.15) is 17.9 Å². The van der Waals surface area contributed by atoms with E-state index in [-0.39, 0.29) is 10.6 Å². The minimum Gasteiger partial charge on any atom is -0.480 e. The lowest BCUT2D eigenvalue weighted by Crippen LogP contribution is -2.42. The van der Waals surface area contributed by atoms with Crippen LogP contribution < -0.4 is 4.72 Å². The Labute approximate surface area is 208 Å². The molecule has 4 rings (SSSR count). The summed E-state index contributed by atoms with van der Waals surface area (Å²) in [6, 6.07) is 14.6. The first-order chi connectivity index (χ1) is 17.0. The number of aromatic nitrogens is 1. The number of pyridine rings is 1. The number of para-hydroxylation sites is 1. The molecule has 6 nitrogen and oxygen atoms in total. The minimum atomic E-state index is -4.45. The number of aliphatic carboxylic acids is 1. The van der Waals surface area contributed by atoms with Crippen molar-refractivity contribution in [1.82, 2.24) is 9.71 Å². The Bertz CT molecular complexity index is 1590. The molecule has 4 aromatic rings. The van der Waals surface area contributed by atoms with Gasteiger partial charge >= 0.3 is 12.1 Å². The van der Waals surface area contributed by atoms with Crippen LogP contribution in [0.25, 0.3) is 10.9 Å². The van der Waals surface area contributed by atoms with Gasteiger partial charge in [0.05, 0.1) is 16.0 Å². The van der Waals surface area contributed by atoms with E-state index in [1.54, 1.807) is 6.07 Å². The van der Waals surface area contributed by atoms with Crippen molar-refractivity contribution in [2.45, 2.75) is 22.8 Å². The molecule has 0 unspecified atom stereocenters. The highest BCUT2D eigenvalue weighted by Crippen LogP contribution is 2.29. The van der Waals surface area contributed by atoms with Crippen molar-refractivity contribution < 1.29 is 31.5 Å². The zero-order chi connectivity index (χ0) is 25.9. The second kappa shape index (κ2) is 10.1. The number of carboxylic acid groups (broad SMARTS) is 1. The number of sulfonamides is 1. The number of carboxylic acids is 1. The van der Waals surface area contributed by atoms with Gasteiger partial charge in [0.2, 0.25) is 0 Å². The quantitative estimate of drug-likeness (QED) is 0.353. The maximum Gasteiger partial charge on any atom is 0.416 e. The van der Waals surface area contributed by atoms with Crippen LogP contribution in [0.15, 0.2) is 77.1 Å². The maximum absolute atomic E-state index is 12.8. The van der Waals surface area contributed by atoms with Gasteiger partial charge in [0.25, 0.3) is 10.0 Å². The minimum absolute atomic E-state index is 0.113. The van der Waals surface area contributed by atoms with Crippen LogP contribution in [0.1, 0.15) is 21.6 Å². The van der Waals surface area contributed by atoms with E-state index >= 15 is 0 Å². The summed E-state index contributed by atoms with van der Waals surface area (Å²) < 4.78 is 65.8. The van der Waals surface area contributed by atoms with Crippen LogP contribution in [0.4, 0.5) is 13.2 Å². The molecule has 2 N–H and O–H groups in total. The number of nitrogens with zero attached hydrogens (tertiary/aromatic N) is 1. The highest BCUT2D eigenvalue weighted by atomic mass is 32.2. The number of hydrogen-bond donors (Lipinski definition) is 2. The summed E-state index contributed by atoms with van der Waals surface area (Å²) in [6.45, 7) is 0. The number of alkyl halides is 3. The Morgan fingerprint density at radius 1 is 1.06 bits per heavy atom. The number of carbonyl (C=O) groups is 1. The Morgan fingerprint density at radius 3 is 2.47 bits per heavy atom. The van der Waals surface area contributed by atoms with Crippen molar-refractivity contribution in [2.24, 2.45) is 0 Å². The molecule has 0 saturated heterocycles. The maximum atomic E-state index is 12.8. The molecular formula is C25H17F3N2O4S2. The van der Waals surface area contributed by atoms with E-state index in [1.807, 2.05) is 24.3 Å². The van der Waals surface area contributed by atoms with Crippen LogP contribution >= 0.6 is 11.3 Å². The van der Waals surface area contributed by atoms with Gasteiger partial charge in [-0.1, -0.05) is 30.0 Å². The zero-order valence-electron chi connectivity index (χ0n) is 18.3. The number of fused-ring (bicyclic) bond motifs is 1. The number of nitrogens with one attached hydrogen (secondary N) is 1. The molecule has 2 heterocycles. The first-order valence-electron chi connectivity index (χ1n) is 10.4. The molecular weight excluding hydrogens is 513 g/mol. The topological polar surface area (TPSA) is 96.4 Å².